The average molecular weight is 315 g/mol. The first kappa shape index (κ1) is 14.4. The molecule has 0 saturated carbocycles. The van der Waals surface area contributed by atoms with E-state index in [1.54, 1.807) is 0 Å². The van der Waals surface area contributed by atoms with Crippen LogP contribution in [0.25, 0.3) is 11.2 Å². The molecule has 0 bridgehead atoms. The van der Waals surface area contributed by atoms with Crippen molar-refractivity contribution in [2.75, 3.05) is 18.7 Å². The van der Waals surface area contributed by atoms with Gasteiger partial charge >= 0.3 is 7.60 Å². The van der Waals surface area contributed by atoms with Crippen molar-refractivity contribution in [3.05, 3.63) is 12.2 Å². The molecule has 11 heteroatoms. The molecule has 3 heterocycles. The first-order valence-corrected chi connectivity index (χ1v) is 7.99. The van der Waals surface area contributed by atoms with Gasteiger partial charge in [0.25, 0.3) is 0 Å². The molecule has 0 unspecified atom stereocenters. The van der Waals surface area contributed by atoms with Gasteiger partial charge in [-0.2, -0.15) is 0 Å². The molecule has 1 saturated heterocycles. The lowest BCUT2D eigenvalue weighted by molar-refractivity contribution is -0.215. The Morgan fingerprint density at radius 3 is 3.00 bits per heavy atom. The Kier molecular flexibility index (Phi) is 3.42. The van der Waals surface area contributed by atoms with Gasteiger partial charge < -0.3 is 30.0 Å². The minimum Gasteiger partial charge on any atom is -0.382 e. The van der Waals surface area contributed by atoms with Crippen LogP contribution in [0.4, 0.5) is 5.82 Å². The van der Waals surface area contributed by atoms with Gasteiger partial charge in [-0.1, -0.05) is 0 Å². The zero-order valence-corrected chi connectivity index (χ0v) is 11.8. The molecular weight excluding hydrogens is 301 g/mol. The second-order valence-corrected chi connectivity index (χ2v) is 6.26. The van der Waals surface area contributed by atoms with Crippen LogP contribution in [0.5, 0.6) is 0 Å². The zero-order valence-electron chi connectivity index (χ0n) is 10.9. The number of rotatable bonds is 4. The Labute approximate surface area is 118 Å². The van der Waals surface area contributed by atoms with Crippen LogP contribution < -0.4 is 5.73 Å². The van der Waals surface area contributed by atoms with Crippen molar-refractivity contribution in [3.63, 3.8) is 0 Å². The van der Waals surface area contributed by atoms with Gasteiger partial charge in [-0.3, -0.25) is 4.57 Å². The van der Waals surface area contributed by atoms with Crippen LogP contribution in [0, 0.1) is 0 Å². The highest BCUT2D eigenvalue weighted by Crippen LogP contribution is 2.42. The summed E-state index contributed by atoms with van der Waals surface area (Å²) in [7, 11) is -4.34. The number of hydrogen-bond donors (Lipinski definition) is 4. The molecule has 1 aliphatic heterocycles. The first-order chi connectivity index (χ1) is 9.90. The van der Waals surface area contributed by atoms with Gasteiger partial charge in [0.2, 0.25) is 5.79 Å². The number of nitrogens with zero attached hydrogens (tertiary/aromatic N) is 3. The summed E-state index contributed by atoms with van der Waals surface area (Å²) in [5.41, 5.74) is 6.65. The third-order valence-corrected chi connectivity index (χ3v) is 3.57. The number of nitrogen functional groups attached to an aromatic ring is 1. The third kappa shape index (κ3) is 2.76. The van der Waals surface area contributed by atoms with Crippen LogP contribution >= 0.6 is 7.60 Å². The molecule has 0 spiro atoms. The molecule has 0 amide bonds. The van der Waals surface area contributed by atoms with Gasteiger partial charge in [0.15, 0.2) is 23.6 Å². The highest BCUT2D eigenvalue weighted by molar-refractivity contribution is 7.51. The average Bonchev–Trinajstić information content (AvgIpc) is 3.05. The SMILES string of the molecule is Nc1nc([C@@]2(OCP(=O)(O)O)CCCO2)nc2nc[nH]c12. The van der Waals surface area contributed by atoms with Crippen molar-refractivity contribution >= 4 is 24.6 Å². The molecule has 2 aromatic heterocycles. The number of ether oxygens (including phenoxy) is 2. The van der Waals surface area contributed by atoms with E-state index < -0.39 is 19.7 Å². The van der Waals surface area contributed by atoms with E-state index in [1.165, 1.54) is 6.33 Å². The van der Waals surface area contributed by atoms with E-state index in [-0.39, 0.29) is 11.6 Å². The summed E-state index contributed by atoms with van der Waals surface area (Å²) in [5.74, 6) is -1.12. The minimum absolute atomic E-state index is 0.116. The van der Waals surface area contributed by atoms with E-state index in [1.807, 2.05) is 0 Å². The summed E-state index contributed by atoms with van der Waals surface area (Å²) < 4.78 is 21.9. The number of H-pyrrole nitrogens is 1. The predicted molar refractivity (Wildman–Crippen MR) is 71.0 cm³/mol. The molecule has 21 heavy (non-hydrogen) atoms. The second kappa shape index (κ2) is 5.00. The van der Waals surface area contributed by atoms with Crippen molar-refractivity contribution in [2.24, 2.45) is 0 Å². The van der Waals surface area contributed by atoms with Crippen LogP contribution in [-0.4, -0.2) is 42.7 Å². The predicted octanol–water partition coefficient (Wildman–Crippen LogP) is 0.0501. The van der Waals surface area contributed by atoms with E-state index in [0.29, 0.717) is 30.6 Å². The number of aromatic amines is 1. The number of imidazole rings is 1. The number of fused-ring (bicyclic) bond motifs is 1. The summed E-state index contributed by atoms with van der Waals surface area (Å²) in [6, 6.07) is 0. The Morgan fingerprint density at radius 1 is 1.52 bits per heavy atom. The van der Waals surface area contributed by atoms with Crippen LogP contribution in [0.15, 0.2) is 6.33 Å². The smallest absolute Gasteiger partial charge is 0.351 e. The first-order valence-electron chi connectivity index (χ1n) is 6.19. The van der Waals surface area contributed by atoms with Crippen molar-refractivity contribution in [3.8, 4) is 0 Å². The molecule has 0 aromatic carbocycles. The van der Waals surface area contributed by atoms with E-state index in [9.17, 15) is 4.57 Å². The van der Waals surface area contributed by atoms with Gasteiger partial charge in [-0.05, 0) is 6.42 Å². The fourth-order valence-electron chi connectivity index (χ4n) is 2.18. The molecule has 10 nitrogen and oxygen atoms in total. The molecule has 5 N–H and O–H groups in total. The summed E-state index contributed by atoms with van der Waals surface area (Å²) in [4.78, 5) is 33.1. The number of anilines is 1. The third-order valence-electron chi connectivity index (χ3n) is 3.11. The maximum absolute atomic E-state index is 11.0. The lowest BCUT2D eigenvalue weighted by Crippen LogP contribution is -2.32. The Hall–Kier alpha value is -1.58. The minimum atomic E-state index is -4.34. The van der Waals surface area contributed by atoms with Crippen LogP contribution in [0.2, 0.25) is 0 Å². The molecule has 0 aliphatic carbocycles. The molecule has 3 rings (SSSR count). The summed E-state index contributed by atoms with van der Waals surface area (Å²) in [6.45, 7) is 0.378. The van der Waals surface area contributed by atoms with Gasteiger partial charge in [0.1, 0.15) is 5.52 Å². The van der Waals surface area contributed by atoms with Crippen LogP contribution in [0.3, 0.4) is 0 Å². The Bertz CT molecular complexity index is 707. The topological polar surface area (TPSA) is 156 Å². The quantitative estimate of drug-likeness (QED) is 0.572. The number of nitrogens with two attached hydrogens (primary N) is 1. The fraction of sp³-hybridized carbons (Fsp3) is 0.500. The van der Waals surface area contributed by atoms with Crippen LogP contribution in [0.1, 0.15) is 18.7 Å². The lowest BCUT2D eigenvalue weighted by atomic mass is 10.1. The van der Waals surface area contributed by atoms with Gasteiger partial charge in [0.05, 0.1) is 12.9 Å². The summed E-state index contributed by atoms with van der Waals surface area (Å²) >= 11 is 0. The summed E-state index contributed by atoms with van der Waals surface area (Å²) in [6.07, 6.45) is 1.68. The molecule has 114 valence electrons. The van der Waals surface area contributed by atoms with E-state index in [2.05, 4.69) is 19.9 Å². The monoisotopic (exact) mass is 315 g/mol. The maximum atomic E-state index is 11.0. The van der Waals surface area contributed by atoms with Crippen LogP contribution in [-0.2, 0) is 19.8 Å². The Balaban J connectivity index is 2.00. The highest BCUT2D eigenvalue weighted by Gasteiger charge is 2.43. The van der Waals surface area contributed by atoms with Gasteiger partial charge in [-0.15, -0.1) is 0 Å². The molecule has 1 fully saturated rings. The number of aromatic nitrogens is 4. The van der Waals surface area contributed by atoms with Crippen molar-refractivity contribution in [2.45, 2.75) is 18.6 Å². The van der Waals surface area contributed by atoms with E-state index in [4.69, 9.17) is 25.0 Å². The standard InChI is InChI=1S/C10H14N5O5P/c11-7-6-8(13-4-12-6)15-9(14-7)10(2-1-3-19-10)20-5-21(16,17)18/h4H,1-3,5H2,(H2,16,17,18)(H3,11,12,13,14,15)/t10-/m0/s1. The molecular formula is C10H14N5O5P. The number of nitrogens with one attached hydrogen (secondary N) is 1. The fourth-order valence-corrected chi connectivity index (χ4v) is 2.56. The summed E-state index contributed by atoms with van der Waals surface area (Å²) in [5, 5.41) is 0. The molecule has 0 radical (unpaired) electrons. The molecule has 1 atom stereocenters. The van der Waals surface area contributed by atoms with Gasteiger partial charge in [-0.25, -0.2) is 15.0 Å². The van der Waals surface area contributed by atoms with Crippen molar-refractivity contribution in [1.82, 2.24) is 19.9 Å². The normalized spacial score (nSPS) is 23.0. The largest absolute Gasteiger partial charge is 0.382 e. The number of hydrogen-bond acceptors (Lipinski definition) is 7. The highest BCUT2D eigenvalue weighted by atomic mass is 31.2. The van der Waals surface area contributed by atoms with Crippen molar-refractivity contribution < 1.29 is 23.8 Å². The zero-order chi connectivity index (χ0) is 15.1. The van der Waals surface area contributed by atoms with E-state index in [0.717, 1.165) is 0 Å². The lowest BCUT2D eigenvalue weighted by Gasteiger charge is -2.27. The molecule has 2 aromatic rings. The van der Waals surface area contributed by atoms with Crippen molar-refractivity contribution in [1.29, 1.82) is 0 Å². The molecule has 1 aliphatic rings. The Morgan fingerprint density at radius 2 is 2.33 bits per heavy atom. The maximum Gasteiger partial charge on any atom is 0.351 e. The van der Waals surface area contributed by atoms with Gasteiger partial charge in [0, 0.05) is 6.42 Å². The van der Waals surface area contributed by atoms with E-state index >= 15 is 0 Å². The second-order valence-electron chi connectivity index (χ2n) is 4.68.